The molecule has 2 nitrogen and oxygen atoms in total. The number of aryl methyl sites for hydroxylation is 1. The molecule has 1 aliphatic rings. The van der Waals surface area contributed by atoms with E-state index >= 15 is 0 Å². The normalized spacial score (nSPS) is 17.1. The molecule has 0 saturated heterocycles. The van der Waals surface area contributed by atoms with Crippen LogP contribution < -0.4 is 5.32 Å². The molecule has 0 heterocycles. The molecule has 20 heavy (non-hydrogen) atoms. The van der Waals surface area contributed by atoms with Gasteiger partial charge in [-0.2, -0.15) is 0 Å². The molecule has 2 aromatic rings. The first kappa shape index (κ1) is 15.1. The van der Waals surface area contributed by atoms with Crippen molar-refractivity contribution in [1.29, 1.82) is 0 Å². The molecular formula is C17H20BrNO. The number of rotatable bonds is 3. The van der Waals surface area contributed by atoms with Crippen LogP contribution in [0.4, 0.5) is 0 Å². The van der Waals surface area contributed by atoms with Gasteiger partial charge in [0.25, 0.3) is 0 Å². The summed E-state index contributed by atoms with van der Waals surface area (Å²) in [4.78, 5) is 0. The molecule has 2 N–H and O–H groups in total. The van der Waals surface area contributed by atoms with Crippen LogP contribution in [-0.2, 0) is 19.4 Å². The van der Waals surface area contributed by atoms with E-state index in [2.05, 4.69) is 35.6 Å². The first-order chi connectivity index (χ1) is 9.31. The standard InChI is InChI=1S/C17H19NO.BrH/c19-17-9-7-14-10-16(8-6-15(14)11-17)18-12-13-4-2-1-3-5-13;/h1-5,7,9,11,16,18-19H,6,8,10,12H2;1H. The van der Waals surface area contributed by atoms with E-state index < -0.39 is 0 Å². The Balaban J connectivity index is 0.00000147. The van der Waals surface area contributed by atoms with Gasteiger partial charge in [0.1, 0.15) is 5.75 Å². The highest BCUT2D eigenvalue weighted by molar-refractivity contribution is 8.93. The van der Waals surface area contributed by atoms with Crippen molar-refractivity contribution in [2.75, 3.05) is 0 Å². The van der Waals surface area contributed by atoms with Gasteiger partial charge in [-0.1, -0.05) is 36.4 Å². The Kier molecular flexibility index (Phi) is 5.21. The lowest BCUT2D eigenvalue weighted by Gasteiger charge is -2.25. The summed E-state index contributed by atoms with van der Waals surface area (Å²) in [5.74, 6) is 0.384. The summed E-state index contributed by atoms with van der Waals surface area (Å²) in [6.07, 6.45) is 3.25. The van der Waals surface area contributed by atoms with E-state index in [1.165, 1.54) is 16.7 Å². The molecular weight excluding hydrogens is 314 g/mol. The van der Waals surface area contributed by atoms with Gasteiger partial charge < -0.3 is 10.4 Å². The van der Waals surface area contributed by atoms with Crippen LogP contribution in [0.15, 0.2) is 48.5 Å². The number of halogens is 1. The number of phenols is 1. The molecule has 0 amide bonds. The van der Waals surface area contributed by atoms with Crippen molar-refractivity contribution in [2.24, 2.45) is 0 Å². The van der Waals surface area contributed by atoms with Gasteiger partial charge in [0.15, 0.2) is 0 Å². The van der Waals surface area contributed by atoms with Crippen LogP contribution in [0.25, 0.3) is 0 Å². The van der Waals surface area contributed by atoms with Gasteiger partial charge in [0.05, 0.1) is 0 Å². The fourth-order valence-electron chi connectivity index (χ4n) is 2.77. The Hall–Kier alpha value is -1.32. The van der Waals surface area contributed by atoms with Crippen LogP contribution in [0.2, 0.25) is 0 Å². The molecule has 0 aromatic heterocycles. The van der Waals surface area contributed by atoms with Gasteiger partial charge in [-0.25, -0.2) is 0 Å². The van der Waals surface area contributed by atoms with E-state index in [9.17, 15) is 5.11 Å². The monoisotopic (exact) mass is 333 g/mol. The minimum absolute atomic E-state index is 0. The topological polar surface area (TPSA) is 32.3 Å². The second-order valence-electron chi connectivity index (χ2n) is 5.26. The van der Waals surface area contributed by atoms with Gasteiger partial charge in [0, 0.05) is 12.6 Å². The number of phenolic OH excluding ortho intramolecular Hbond substituents is 1. The summed E-state index contributed by atoms with van der Waals surface area (Å²) in [6.45, 7) is 0.929. The largest absolute Gasteiger partial charge is 0.508 e. The Labute approximate surface area is 130 Å². The summed E-state index contributed by atoms with van der Waals surface area (Å²) < 4.78 is 0. The van der Waals surface area contributed by atoms with Crippen molar-refractivity contribution in [3.63, 3.8) is 0 Å². The third-order valence-corrected chi connectivity index (χ3v) is 3.86. The summed E-state index contributed by atoms with van der Waals surface area (Å²) in [6, 6.07) is 16.8. The van der Waals surface area contributed by atoms with E-state index in [0.29, 0.717) is 11.8 Å². The predicted octanol–water partition coefficient (Wildman–Crippen LogP) is 3.62. The molecule has 1 unspecified atom stereocenters. The maximum Gasteiger partial charge on any atom is 0.115 e. The van der Waals surface area contributed by atoms with Gasteiger partial charge in [-0.3, -0.25) is 0 Å². The Bertz CT molecular complexity index is 556. The molecule has 0 spiro atoms. The molecule has 1 aliphatic carbocycles. The summed E-state index contributed by atoms with van der Waals surface area (Å²) >= 11 is 0. The summed E-state index contributed by atoms with van der Waals surface area (Å²) in [7, 11) is 0. The Morgan fingerprint density at radius 1 is 1.05 bits per heavy atom. The third-order valence-electron chi connectivity index (χ3n) is 3.86. The molecule has 0 fully saturated rings. The van der Waals surface area contributed by atoms with E-state index in [1.807, 2.05) is 12.1 Å². The molecule has 106 valence electrons. The van der Waals surface area contributed by atoms with E-state index in [1.54, 1.807) is 6.07 Å². The average Bonchev–Trinajstić information content (AvgIpc) is 2.46. The molecule has 0 radical (unpaired) electrons. The van der Waals surface area contributed by atoms with Crippen molar-refractivity contribution in [2.45, 2.75) is 31.8 Å². The maximum absolute atomic E-state index is 9.49. The van der Waals surface area contributed by atoms with E-state index in [4.69, 9.17) is 0 Å². The molecule has 1 atom stereocenters. The number of benzene rings is 2. The van der Waals surface area contributed by atoms with Gasteiger partial charge >= 0.3 is 0 Å². The van der Waals surface area contributed by atoms with Gasteiger partial charge in [-0.05, 0) is 48.1 Å². The highest BCUT2D eigenvalue weighted by Gasteiger charge is 2.18. The second kappa shape index (κ2) is 6.91. The molecule has 0 saturated carbocycles. The predicted molar refractivity (Wildman–Crippen MR) is 87.5 cm³/mol. The third kappa shape index (κ3) is 3.62. The quantitative estimate of drug-likeness (QED) is 0.899. The zero-order chi connectivity index (χ0) is 13.1. The number of aromatic hydroxyl groups is 1. The highest BCUT2D eigenvalue weighted by atomic mass is 79.9. The fourth-order valence-corrected chi connectivity index (χ4v) is 2.77. The lowest BCUT2D eigenvalue weighted by atomic mass is 9.88. The minimum atomic E-state index is 0. The van der Waals surface area contributed by atoms with Crippen LogP contribution in [0.5, 0.6) is 5.75 Å². The van der Waals surface area contributed by atoms with Crippen LogP contribution >= 0.6 is 17.0 Å². The summed E-state index contributed by atoms with van der Waals surface area (Å²) in [5, 5.41) is 13.1. The number of fused-ring (bicyclic) bond motifs is 1. The van der Waals surface area contributed by atoms with Crippen molar-refractivity contribution in [3.8, 4) is 5.75 Å². The van der Waals surface area contributed by atoms with Gasteiger partial charge in [0.2, 0.25) is 0 Å². The SMILES string of the molecule is Br.Oc1ccc2c(c1)CCC(NCc1ccccc1)C2. The summed E-state index contributed by atoms with van der Waals surface area (Å²) in [5.41, 5.74) is 4.01. The van der Waals surface area contributed by atoms with E-state index in [0.717, 1.165) is 25.8 Å². The average molecular weight is 334 g/mol. The fraction of sp³-hybridized carbons (Fsp3) is 0.294. The highest BCUT2D eigenvalue weighted by Crippen LogP contribution is 2.25. The van der Waals surface area contributed by atoms with Crippen LogP contribution in [0.3, 0.4) is 0 Å². The van der Waals surface area contributed by atoms with Crippen molar-refractivity contribution < 1.29 is 5.11 Å². The van der Waals surface area contributed by atoms with Gasteiger partial charge in [-0.15, -0.1) is 17.0 Å². The zero-order valence-corrected chi connectivity index (χ0v) is 13.1. The van der Waals surface area contributed by atoms with Crippen molar-refractivity contribution >= 4 is 17.0 Å². The molecule has 0 aliphatic heterocycles. The van der Waals surface area contributed by atoms with Crippen molar-refractivity contribution in [1.82, 2.24) is 5.32 Å². The Morgan fingerprint density at radius 3 is 2.65 bits per heavy atom. The lowest BCUT2D eigenvalue weighted by Crippen LogP contribution is -2.34. The number of hydrogen-bond acceptors (Lipinski definition) is 2. The van der Waals surface area contributed by atoms with Crippen molar-refractivity contribution in [3.05, 3.63) is 65.2 Å². The van der Waals surface area contributed by atoms with Crippen LogP contribution in [-0.4, -0.2) is 11.1 Å². The van der Waals surface area contributed by atoms with Crippen LogP contribution in [0.1, 0.15) is 23.1 Å². The minimum Gasteiger partial charge on any atom is -0.508 e. The lowest BCUT2D eigenvalue weighted by molar-refractivity contribution is 0.450. The molecule has 0 bridgehead atoms. The smallest absolute Gasteiger partial charge is 0.115 e. The molecule has 2 aromatic carbocycles. The number of nitrogens with one attached hydrogen (secondary N) is 1. The van der Waals surface area contributed by atoms with Crippen LogP contribution in [0, 0.1) is 0 Å². The second-order valence-corrected chi connectivity index (χ2v) is 5.26. The molecule has 3 rings (SSSR count). The Morgan fingerprint density at radius 2 is 1.85 bits per heavy atom. The maximum atomic E-state index is 9.49. The number of hydrogen-bond donors (Lipinski definition) is 2. The first-order valence-corrected chi connectivity index (χ1v) is 6.89. The zero-order valence-electron chi connectivity index (χ0n) is 11.4. The first-order valence-electron chi connectivity index (χ1n) is 6.89. The van der Waals surface area contributed by atoms with E-state index in [-0.39, 0.29) is 17.0 Å². The molecule has 3 heteroatoms.